The molecule has 8 heteroatoms. The number of aromatic nitrogens is 1. The third-order valence-electron chi connectivity index (χ3n) is 2.52. The number of pyridine rings is 1. The van der Waals surface area contributed by atoms with Crippen LogP contribution >= 0.6 is 0 Å². The maximum atomic E-state index is 12.8. The minimum absolute atomic E-state index is 0.208. The average molecular weight is 307 g/mol. The summed E-state index contributed by atoms with van der Waals surface area (Å²) in [5.41, 5.74) is -2.13. The summed E-state index contributed by atoms with van der Waals surface area (Å²) in [6.45, 7) is 6.60. The van der Waals surface area contributed by atoms with Gasteiger partial charge in [0.15, 0.2) is 0 Å². The molecule has 0 aliphatic rings. The van der Waals surface area contributed by atoms with Crippen LogP contribution in [0.25, 0.3) is 0 Å². The number of carboxylic acid groups (broad SMARTS) is 1. The molecule has 0 saturated heterocycles. The van der Waals surface area contributed by atoms with Crippen LogP contribution in [0.2, 0.25) is 25.7 Å². The van der Waals surface area contributed by atoms with Crippen LogP contribution in [0, 0.1) is 0 Å². The second kappa shape index (κ2) is 5.82. The first-order chi connectivity index (χ1) is 9.00. The lowest BCUT2D eigenvalue weighted by Gasteiger charge is -2.16. The number of nitrogens with zero attached hydrogens (tertiary/aromatic N) is 1. The molecule has 0 fully saturated rings. The topological polar surface area (TPSA) is 59.4 Å². The van der Waals surface area contributed by atoms with E-state index < -0.39 is 31.3 Å². The van der Waals surface area contributed by atoms with Crippen molar-refractivity contribution in [3.63, 3.8) is 0 Å². The number of hydrogen-bond donors (Lipinski definition) is 1. The van der Waals surface area contributed by atoms with Crippen LogP contribution in [-0.4, -0.2) is 30.7 Å². The Morgan fingerprint density at radius 3 is 2.45 bits per heavy atom. The van der Waals surface area contributed by atoms with E-state index in [0.717, 1.165) is 6.04 Å². The lowest BCUT2D eigenvalue weighted by atomic mass is 10.1. The molecule has 0 spiro atoms. The Hall–Kier alpha value is -1.57. The molecule has 1 heterocycles. The van der Waals surface area contributed by atoms with Gasteiger partial charge in [0, 0.05) is 20.3 Å². The highest BCUT2D eigenvalue weighted by molar-refractivity contribution is 6.76. The molecule has 1 rings (SSSR count). The molecule has 20 heavy (non-hydrogen) atoms. The summed E-state index contributed by atoms with van der Waals surface area (Å²) in [5, 5.41) is 8.73. The quantitative estimate of drug-likeness (QED) is 0.846. The molecule has 0 aromatic carbocycles. The number of hydrogen-bond acceptors (Lipinski definition) is 3. The van der Waals surface area contributed by atoms with Crippen molar-refractivity contribution in [1.29, 1.82) is 0 Å². The molecular weight excluding hydrogens is 291 g/mol. The summed E-state index contributed by atoms with van der Waals surface area (Å²) in [5.74, 6) is -1.88. The Kier molecular flexibility index (Phi) is 4.80. The highest BCUT2D eigenvalue weighted by Crippen LogP contribution is 2.33. The normalized spacial score (nSPS) is 12.3. The smallest absolute Gasteiger partial charge is 0.417 e. The fourth-order valence-corrected chi connectivity index (χ4v) is 2.10. The van der Waals surface area contributed by atoms with Crippen LogP contribution in [0.1, 0.15) is 15.9 Å². The average Bonchev–Trinajstić information content (AvgIpc) is 2.25. The third kappa shape index (κ3) is 4.84. The summed E-state index contributed by atoms with van der Waals surface area (Å²) < 4.78 is 43.5. The van der Waals surface area contributed by atoms with Gasteiger partial charge < -0.3 is 9.84 Å². The molecule has 0 amide bonds. The van der Waals surface area contributed by atoms with Crippen LogP contribution < -0.4 is 4.74 Å². The number of rotatable bonds is 5. The first kappa shape index (κ1) is 16.5. The number of aromatic carboxylic acids is 1. The van der Waals surface area contributed by atoms with Gasteiger partial charge in [-0.2, -0.15) is 13.2 Å². The van der Waals surface area contributed by atoms with E-state index in [4.69, 9.17) is 9.84 Å². The van der Waals surface area contributed by atoms with Crippen molar-refractivity contribution in [2.45, 2.75) is 31.9 Å². The summed E-state index contributed by atoms with van der Waals surface area (Å²) in [6.07, 6.45) is -4.08. The largest absolute Gasteiger partial charge is 0.478 e. The van der Waals surface area contributed by atoms with E-state index in [9.17, 15) is 18.0 Å². The molecule has 1 N–H and O–H groups in total. The molecule has 1 aromatic rings. The molecule has 0 aliphatic heterocycles. The number of carboxylic acids is 1. The van der Waals surface area contributed by atoms with E-state index in [1.807, 2.05) is 0 Å². The van der Waals surface area contributed by atoms with Gasteiger partial charge in [-0.15, -0.1) is 0 Å². The molecular formula is C12H16F3NO3Si. The molecule has 1 aromatic heterocycles. The van der Waals surface area contributed by atoms with Crippen molar-refractivity contribution in [3.05, 3.63) is 23.4 Å². The second-order valence-electron chi connectivity index (χ2n) is 5.53. The lowest BCUT2D eigenvalue weighted by Crippen LogP contribution is -2.22. The molecule has 112 valence electrons. The Morgan fingerprint density at radius 2 is 2.00 bits per heavy atom. The van der Waals surface area contributed by atoms with Crippen LogP contribution in [0.3, 0.4) is 0 Å². The Labute approximate surface area is 115 Å². The van der Waals surface area contributed by atoms with Gasteiger partial charge in [-0.05, 0) is 6.04 Å². The summed E-state index contributed by atoms with van der Waals surface area (Å²) >= 11 is 0. The molecule has 0 radical (unpaired) electrons. The zero-order chi connectivity index (χ0) is 15.6. The molecule has 0 atom stereocenters. The van der Waals surface area contributed by atoms with Gasteiger partial charge in [-0.1, -0.05) is 19.6 Å². The van der Waals surface area contributed by atoms with Gasteiger partial charge in [0.05, 0.1) is 17.7 Å². The first-order valence-electron chi connectivity index (χ1n) is 5.94. The summed E-state index contributed by atoms with van der Waals surface area (Å²) in [7, 11) is -1.36. The summed E-state index contributed by atoms with van der Waals surface area (Å²) in [4.78, 5) is 14.4. The molecule has 0 saturated carbocycles. The SMILES string of the molecule is C[Si](C)(C)CCOc1cc(C(F)(F)F)c(C(=O)O)cn1. The molecule has 0 bridgehead atoms. The molecule has 0 unspecified atom stereocenters. The van der Waals surface area contributed by atoms with E-state index in [1.54, 1.807) is 0 Å². The van der Waals surface area contributed by atoms with Crippen LogP contribution in [0.5, 0.6) is 5.88 Å². The Morgan fingerprint density at radius 1 is 1.40 bits per heavy atom. The highest BCUT2D eigenvalue weighted by atomic mass is 28.3. The number of carbonyl (C=O) groups is 1. The standard InChI is InChI=1S/C12H16F3NO3Si/c1-20(2,3)5-4-19-10-6-9(12(13,14)15)8(7-16-10)11(17)18/h6-7H,4-5H2,1-3H3,(H,17,18). The zero-order valence-electron chi connectivity index (χ0n) is 11.4. The van der Waals surface area contributed by atoms with Crippen LogP contribution in [0.4, 0.5) is 13.2 Å². The van der Waals surface area contributed by atoms with E-state index in [1.165, 1.54) is 0 Å². The van der Waals surface area contributed by atoms with Gasteiger partial charge in [-0.25, -0.2) is 9.78 Å². The number of alkyl halides is 3. The summed E-state index contributed by atoms with van der Waals surface area (Å²) in [6, 6.07) is 1.41. The van der Waals surface area contributed by atoms with Crippen molar-refractivity contribution in [1.82, 2.24) is 4.98 Å². The second-order valence-corrected chi connectivity index (χ2v) is 11.2. The highest BCUT2D eigenvalue weighted by Gasteiger charge is 2.36. The number of ether oxygens (including phenoxy) is 1. The Balaban J connectivity index is 2.93. The van der Waals surface area contributed by atoms with Gasteiger partial charge in [0.25, 0.3) is 0 Å². The van der Waals surface area contributed by atoms with Crippen molar-refractivity contribution in [2.75, 3.05) is 6.61 Å². The molecule has 4 nitrogen and oxygen atoms in total. The van der Waals surface area contributed by atoms with Crippen molar-refractivity contribution < 1.29 is 27.8 Å². The van der Waals surface area contributed by atoms with Crippen molar-refractivity contribution >= 4 is 14.0 Å². The van der Waals surface area contributed by atoms with Gasteiger partial charge >= 0.3 is 12.1 Å². The zero-order valence-corrected chi connectivity index (χ0v) is 12.4. The Bertz CT molecular complexity index is 498. The van der Waals surface area contributed by atoms with E-state index in [2.05, 4.69) is 24.6 Å². The van der Waals surface area contributed by atoms with Crippen LogP contribution in [-0.2, 0) is 6.18 Å². The van der Waals surface area contributed by atoms with Crippen molar-refractivity contribution in [3.8, 4) is 5.88 Å². The predicted molar refractivity (Wildman–Crippen MR) is 69.8 cm³/mol. The monoisotopic (exact) mass is 307 g/mol. The third-order valence-corrected chi connectivity index (χ3v) is 4.22. The van der Waals surface area contributed by atoms with Gasteiger partial charge in [-0.3, -0.25) is 0 Å². The lowest BCUT2D eigenvalue weighted by molar-refractivity contribution is -0.138. The van der Waals surface area contributed by atoms with Gasteiger partial charge in [0.2, 0.25) is 5.88 Å². The first-order valence-corrected chi connectivity index (χ1v) is 9.65. The van der Waals surface area contributed by atoms with E-state index in [0.29, 0.717) is 12.3 Å². The minimum Gasteiger partial charge on any atom is -0.478 e. The fraction of sp³-hybridized carbons (Fsp3) is 0.500. The molecule has 0 aliphatic carbocycles. The number of halogens is 3. The van der Waals surface area contributed by atoms with E-state index >= 15 is 0 Å². The minimum atomic E-state index is -4.76. The predicted octanol–water partition coefficient (Wildman–Crippen LogP) is 3.52. The van der Waals surface area contributed by atoms with Crippen molar-refractivity contribution in [2.24, 2.45) is 0 Å². The fourth-order valence-electron chi connectivity index (χ4n) is 1.38. The maximum absolute atomic E-state index is 12.8. The maximum Gasteiger partial charge on any atom is 0.417 e. The van der Waals surface area contributed by atoms with Gasteiger partial charge in [0.1, 0.15) is 0 Å². The van der Waals surface area contributed by atoms with Crippen LogP contribution in [0.15, 0.2) is 12.3 Å². The van der Waals surface area contributed by atoms with E-state index in [-0.39, 0.29) is 12.5 Å².